The third-order valence-electron chi connectivity index (χ3n) is 4.74. The van der Waals surface area contributed by atoms with Gasteiger partial charge in [0, 0.05) is 17.0 Å². The molecule has 8 nitrogen and oxygen atoms in total. The van der Waals surface area contributed by atoms with Crippen molar-refractivity contribution in [3.8, 4) is 22.4 Å². The highest BCUT2D eigenvalue weighted by molar-refractivity contribution is 5.90. The van der Waals surface area contributed by atoms with Gasteiger partial charge in [-0.15, -0.1) is 18.3 Å². The summed E-state index contributed by atoms with van der Waals surface area (Å²) < 4.78 is 42.8. The van der Waals surface area contributed by atoms with E-state index in [9.17, 15) is 18.0 Å². The average molecular weight is 444 g/mol. The van der Waals surface area contributed by atoms with Crippen molar-refractivity contribution in [2.45, 2.75) is 26.8 Å². The summed E-state index contributed by atoms with van der Waals surface area (Å²) in [6, 6.07) is 12.9. The topological polar surface area (TPSA) is 100 Å². The van der Waals surface area contributed by atoms with Crippen LogP contribution in [0.4, 0.5) is 19.1 Å². The minimum absolute atomic E-state index is 0.127. The zero-order chi connectivity index (χ0) is 23.0. The Morgan fingerprint density at radius 2 is 1.69 bits per heavy atom. The van der Waals surface area contributed by atoms with Crippen LogP contribution in [0.2, 0.25) is 0 Å². The number of aryl methyl sites for hydroxylation is 2. The number of nitrogen functional groups attached to an aromatic ring is 1. The third-order valence-corrected chi connectivity index (χ3v) is 4.74. The Bertz CT molecular complexity index is 1330. The van der Waals surface area contributed by atoms with Gasteiger partial charge in [-0.25, -0.2) is 18.9 Å². The fourth-order valence-electron chi connectivity index (χ4n) is 3.55. The number of ether oxygens (including phenoxy) is 1. The Morgan fingerprint density at radius 1 is 1.03 bits per heavy atom. The van der Waals surface area contributed by atoms with Crippen molar-refractivity contribution in [3.63, 3.8) is 0 Å². The second-order valence-corrected chi connectivity index (χ2v) is 7.16. The standard InChI is InChI=1S/C21H19F3N6O2/c1-12-10-15(11-13(2)26-12)16-17(14-6-4-3-5-7-14)27-19(25)30-18(16)28-29(20(30)31)8-9-32-21(22,23)24/h3-7,10-11H,8-9H2,1-2H3,(H2,25,27). The zero-order valence-corrected chi connectivity index (χ0v) is 17.2. The molecular weight excluding hydrogens is 425 g/mol. The predicted octanol–water partition coefficient (Wildman–Crippen LogP) is 3.36. The summed E-state index contributed by atoms with van der Waals surface area (Å²) in [6.45, 7) is 2.49. The van der Waals surface area contributed by atoms with Gasteiger partial charge < -0.3 is 5.73 Å². The summed E-state index contributed by atoms with van der Waals surface area (Å²) in [5.74, 6) is -0.127. The van der Waals surface area contributed by atoms with E-state index in [1.807, 2.05) is 56.3 Å². The lowest BCUT2D eigenvalue weighted by atomic mass is 9.99. The normalized spacial score (nSPS) is 11.9. The lowest BCUT2D eigenvalue weighted by Crippen LogP contribution is -2.26. The van der Waals surface area contributed by atoms with E-state index in [0.717, 1.165) is 26.0 Å². The van der Waals surface area contributed by atoms with Crippen LogP contribution in [0.1, 0.15) is 11.4 Å². The highest BCUT2D eigenvalue weighted by Gasteiger charge is 2.29. The van der Waals surface area contributed by atoms with E-state index in [2.05, 4.69) is 19.8 Å². The molecule has 0 aliphatic heterocycles. The smallest absolute Gasteiger partial charge is 0.369 e. The Hall–Kier alpha value is -3.73. The molecule has 0 spiro atoms. The molecule has 3 aromatic heterocycles. The average Bonchev–Trinajstić information content (AvgIpc) is 3.03. The van der Waals surface area contributed by atoms with Gasteiger partial charge in [0.2, 0.25) is 5.95 Å². The van der Waals surface area contributed by atoms with Crippen LogP contribution in [0.3, 0.4) is 0 Å². The van der Waals surface area contributed by atoms with Gasteiger partial charge >= 0.3 is 12.1 Å². The molecule has 0 unspecified atom stereocenters. The van der Waals surface area contributed by atoms with E-state index in [1.165, 1.54) is 0 Å². The highest BCUT2D eigenvalue weighted by atomic mass is 19.4. The summed E-state index contributed by atoms with van der Waals surface area (Å²) in [4.78, 5) is 21.7. The van der Waals surface area contributed by atoms with Crippen molar-refractivity contribution in [2.24, 2.45) is 0 Å². The van der Waals surface area contributed by atoms with Crippen molar-refractivity contribution in [1.82, 2.24) is 24.1 Å². The van der Waals surface area contributed by atoms with Crippen molar-refractivity contribution in [1.29, 1.82) is 0 Å². The van der Waals surface area contributed by atoms with E-state index >= 15 is 0 Å². The van der Waals surface area contributed by atoms with Crippen LogP contribution in [-0.4, -0.2) is 37.1 Å². The molecule has 0 aliphatic carbocycles. The lowest BCUT2D eigenvalue weighted by Gasteiger charge is -2.13. The first kappa shape index (κ1) is 21.5. The maximum atomic E-state index is 12.9. The quantitative estimate of drug-likeness (QED) is 0.507. The molecule has 11 heteroatoms. The van der Waals surface area contributed by atoms with Crippen LogP contribution >= 0.6 is 0 Å². The van der Waals surface area contributed by atoms with E-state index in [4.69, 9.17) is 5.73 Å². The van der Waals surface area contributed by atoms with Crippen molar-refractivity contribution >= 4 is 11.6 Å². The number of rotatable bonds is 5. The number of nitrogens with two attached hydrogens (primary N) is 1. The van der Waals surface area contributed by atoms with Gasteiger partial charge in [0.15, 0.2) is 5.65 Å². The first-order valence-corrected chi connectivity index (χ1v) is 9.65. The van der Waals surface area contributed by atoms with E-state index in [1.54, 1.807) is 0 Å². The Labute approximate surface area is 180 Å². The molecule has 0 bridgehead atoms. The maximum absolute atomic E-state index is 12.9. The molecule has 0 atom stereocenters. The SMILES string of the molecule is Cc1cc(-c2c(-c3ccccc3)nc(N)n3c(=O)n(CCOC(F)(F)F)nc23)cc(C)n1. The fraction of sp³-hybridized carbons (Fsp3) is 0.238. The molecule has 0 fully saturated rings. The summed E-state index contributed by atoms with van der Waals surface area (Å²) in [5, 5.41) is 4.29. The Balaban J connectivity index is 1.97. The monoisotopic (exact) mass is 444 g/mol. The molecule has 0 amide bonds. The Kier molecular flexibility index (Phi) is 5.43. The number of halogens is 3. The minimum atomic E-state index is -4.80. The second kappa shape index (κ2) is 8.08. The molecule has 32 heavy (non-hydrogen) atoms. The molecule has 4 aromatic rings. The summed E-state index contributed by atoms with van der Waals surface area (Å²) >= 11 is 0. The van der Waals surface area contributed by atoms with Crippen molar-refractivity contribution in [3.05, 3.63) is 64.3 Å². The van der Waals surface area contributed by atoms with Gasteiger partial charge in [-0.3, -0.25) is 9.72 Å². The van der Waals surface area contributed by atoms with Crippen LogP contribution < -0.4 is 11.4 Å². The molecule has 0 saturated carbocycles. The van der Waals surface area contributed by atoms with Crippen LogP contribution in [0.15, 0.2) is 47.3 Å². The van der Waals surface area contributed by atoms with Gasteiger partial charge in [-0.2, -0.15) is 0 Å². The number of benzene rings is 1. The van der Waals surface area contributed by atoms with Crippen molar-refractivity contribution < 1.29 is 17.9 Å². The van der Waals surface area contributed by atoms with E-state index < -0.39 is 25.2 Å². The molecule has 0 saturated heterocycles. The molecular formula is C21H19F3N6O2. The highest BCUT2D eigenvalue weighted by Crippen LogP contribution is 2.34. The van der Waals surface area contributed by atoms with Gasteiger partial charge in [-0.05, 0) is 31.5 Å². The Morgan fingerprint density at radius 3 is 2.31 bits per heavy atom. The molecule has 0 radical (unpaired) electrons. The number of anilines is 1. The number of nitrogens with zero attached hydrogens (tertiary/aromatic N) is 5. The molecule has 2 N–H and O–H groups in total. The van der Waals surface area contributed by atoms with Gasteiger partial charge in [0.25, 0.3) is 0 Å². The van der Waals surface area contributed by atoms with Gasteiger partial charge in [0.05, 0.1) is 24.4 Å². The van der Waals surface area contributed by atoms with Crippen LogP contribution in [0.25, 0.3) is 28.0 Å². The van der Waals surface area contributed by atoms with Crippen LogP contribution in [0, 0.1) is 13.8 Å². The number of fused-ring (bicyclic) bond motifs is 1. The van der Waals surface area contributed by atoms with Gasteiger partial charge in [-0.1, -0.05) is 30.3 Å². The number of alkyl halides is 3. The first-order valence-electron chi connectivity index (χ1n) is 9.65. The number of hydrogen-bond donors (Lipinski definition) is 1. The molecule has 166 valence electrons. The summed E-state index contributed by atoms with van der Waals surface area (Å²) in [5.41, 5.74) is 9.50. The predicted molar refractivity (Wildman–Crippen MR) is 112 cm³/mol. The second-order valence-electron chi connectivity index (χ2n) is 7.16. The molecule has 1 aromatic carbocycles. The van der Waals surface area contributed by atoms with Crippen LogP contribution in [0.5, 0.6) is 0 Å². The summed E-state index contributed by atoms with van der Waals surface area (Å²) in [6.07, 6.45) is -4.80. The maximum Gasteiger partial charge on any atom is 0.522 e. The molecule has 3 heterocycles. The zero-order valence-electron chi connectivity index (χ0n) is 17.2. The number of hydrogen-bond acceptors (Lipinski definition) is 6. The summed E-state index contributed by atoms with van der Waals surface area (Å²) in [7, 11) is 0. The van der Waals surface area contributed by atoms with E-state index in [-0.39, 0.29) is 11.6 Å². The molecule has 4 rings (SSSR count). The van der Waals surface area contributed by atoms with E-state index in [0.29, 0.717) is 16.8 Å². The van der Waals surface area contributed by atoms with Crippen molar-refractivity contribution in [2.75, 3.05) is 12.3 Å². The van der Waals surface area contributed by atoms with Gasteiger partial charge in [0.1, 0.15) is 0 Å². The minimum Gasteiger partial charge on any atom is -0.369 e. The molecule has 0 aliphatic rings. The fourth-order valence-corrected chi connectivity index (χ4v) is 3.55. The lowest BCUT2D eigenvalue weighted by molar-refractivity contribution is -0.325. The number of pyridine rings is 1. The largest absolute Gasteiger partial charge is 0.522 e. The first-order chi connectivity index (χ1) is 15.1. The van der Waals surface area contributed by atoms with Crippen LogP contribution in [-0.2, 0) is 11.3 Å². The third kappa shape index (κ3) is 4.19. The number of aromatic nitrogens is 5.